The standard InChI is InChI=1S/2C23H20F3N5O2/c2*1-13-4-5-16(21(32)29-20-8-9-28-31(20)3)11-19(13)15-6-7-18-17(10-15)12-27-30-22(18)33-14(2)23(24,25)26/h2*4-12,14H,1-3H3,(H,29,32)/t2*14-/m10/s1. The molecule has 8 aromatic rings. The molecule has 0 radical (unpaired) electrons. The molecule has 2 N–H and O–H groups in total. The van der Waals surface area contributed by atoms with Crippen molar-refractivity contribution in [2.24, 2.45) is 14.1 Å². The van der Waals surface area contributed by atoms with Crippen molar-refractivity contribution in [2.45, 2.75) is 52.3 Å². The summed E-state index contributed by atoms with van der Waals surface area (Å²) in [6, 6.07) is 24.4. The molecule has 340 valence electrons. The Morgan fingerprint density at radius 1 is 0.576 bits per heavy atom. The molecule has 2 amide bonds. The van der Waals surface area contributed by atoms with Gasteiger partial charge >= 0.3 is 12.4 Å². The highest BCUT2D eigenvalue weighted by molar-refractivity contribution is 6.06. The molecule has 66 heavy (non-hydrogen) atoms. The highest BCUT2D eigenvalue weighted by Gasteiger charge is 2.39. The molecule has 4 aromatic carbocycles. The normalized spacial score (nSPS) is 12.5. The van der Waals surface area contributed by atoms with Crippen LogP contribution < -0.4 is 20.1 Å². The van der Waals surface area contributed by atoms with E-state index in [1.165, 1.54) is 12.4 Å². The predicted octanol–water partition coefficient (Wildman–Crippen LogP) is 9.84. The molecule has 0 aliphatic heterocycles. The molecule has 0 saturated carbocycles. The first-order valence-electron chi connectivity index (χ1n) is 20.0. The zero-order chi connectivity index (χ0) is 47.5. The molecule has 0 bridgehead atoms. The lowest BCUT2D eigenvalue weighted by Gasteiger charge is -2.17. The Morgan fingerprint density at radius 2 is 0.970 bits per heavy atom. The minimum Gasteiger partial charge on any atom is -0.463 e. The Kier molecular flexibility index (Phi) is 13.0. The van der Waals surface area contributed by atoms with E-state index in [9.17, 15) is 35.9 Å². The van der Waals surface area contributed by atoms with Crippen LogP contribution in [0.1, 0.15) is 45.7 Å². The van der Waals surface area contributed by atoms with E-state index in [0.717, 1.165) is 47.2 Å². The number of amides is 2. The zero-order valence-corrected chi connectivity index (χ0v) is 36.0. The largest absolute Gasteiger partial charge is 0.463 e. The van der Waals surface area contributed by atoms with E-state index < -0.39 is 24.6 Å². The summed E-state index contributed by atoms with van der Waals surface area (Å²) in [4.78, 5) is 25.4. The van der Waals surface area contributed by atoms with Gasteiger partial charge in [-0.2, -0.15) is 46.7 Å². The first kappa shape index (κ1) is 46.1. The number of rotatable bonds is 10. The minimum atomic E-state index is -4.52. The van der Waals surface area contributed by atoms with Crippen molar-refractivity contribution in [3.8, 4) is 34.0 Å². The number of carbonyl (C=O) groups is 2. The molecule has 0 aliphatic carbocycles. The van der Waals surface area contributed by atoms with Gasteiger partial charge in [0, 0.05) is 58.9 Å². The van der Waals surface area contributed by atoms with E-state index in [1.807, 2.05) is 26.0 Å². The van der Waals surface area contributed by atoms with E-state index in [0.29, 0.717) is 44.3 Å². The maximum atomic E-state index is 12.9. The van der Waals surface area contributed by atoms with Gasteiger partial charge in [0.2, 0.25) is 11.8 Å². The smallest absolute Gasteiger partial charge is 0.425 e. The Bertz CT molecular complexity index is 2870. The van der Waals surface area contributed by atoms with Crippen LogP contribution in [0.25, 0.3) is 43.8 Å². The van der Waals surface area contributed by atoms with Crippen molar-refractivity contribution in [1.29, 1.82) is 0 Å². The van der Waals surface area contributed by atoms with E-state index in [-0.39, 0.29) is 23.6 Å². The monoisotopic (exact) mass is 910 g/mol. The maximum Gasteiger partial charge on any atom is 0.425 e. The van der Waals surface area contributed by atoms with Gasteiger partial charge in [-0.1, -0.05) is 24.3 Å². The number of ether oxygens (including phenoxy) is 2. The van der Waals surface area contributed by atoms with E-state index in [1.54, 1.807) is 109 Å². The average molecular weight is 911 g/mol. The molecular weight excluding hydrogens is 871 g/mol. The molecule has 0 aliphatic rings. The van der Waals surface area contributed by atoms with Gasteiger partial charge in [0.15, 0.2) is 12.2 Å². The molecule has 0 unspecified atom stereocenters. The second kappa shape index (κ2) is 18.7. The number of nitrogens with zero attached hydrogens (tertiary/aromatic N) is 8. The molecule has 2 atom stereocenters. The van der Waals surface area contributed by atoms with Crippen LogP contribution in [0.4, 0.5) is 38.0 Å². The molecular formula is C46H40F6N10O4. The molecule has 4 aromatic heterocycles. The van der Waals surface area contributed by atoms with E-state index in [4.69, 9.17) is 9.47 Å². The summed E-state index contributed by atoms with van der Waals surface area (Å²) >= 11 is 0. The van der Waals surface area contributed by atoms with Crippen LogP contribution in [0.5, 0.6) is 11.8 Å². The van der Waals surface area contributed by atoms with Gasteiger partial charge in [0.1, 0.15) is 11.6 Å². The summed E-state index contributed by atoms with van der Waals surface area (Å²) < 4.78 is 90.5. The zero-order valence-electron chi connectivity index (χ0n) is 36.0. The second-order valence-electron chi connectivity index (χ2n) is 15.2. The number of hydrogen-bond donors (Lipinski definition) is 2. The minimum absolute atomic E-state index is 0.190. The van der Waals surface area contributed by atoms with Crippen molar-refractivity contribution < 1.29 is 45.4 Å². The van der Waals surface area contributed by atoms with Crippen LogP contribution in [0, 0.1) is 13.8 Å². The Labute approximate surface area is 372 Å². The number of benzene rings is 4. The van der Waals surface area contributed by atoms with Gasteiger partial charge in [-0.05, 0) is 110 Å². The number of hydrogen-bond acceptors (Lipinski definition) is 10. The van der Waals surface area contributed by atoms with Gasteiger partial charge in [-0.15, -0.1) is 10.2 Å². The van der Waals surface area contributed by atoms with Gasteiger partial charge in [0.05, 0.1) is 24.8 Å². The molecule has 8 rings (SSSR count). The van der Waals surface area contributed by atoms with Crippen LogP contribution in [-0.2, 0) is 14.1 Å². The summed E-state index contributed by atoms with van der Waals surface area (Å²) in [6.45, 7) is 5.65. The number of anilines is 2. The fourth-order valence-electron chi connectivity index (χ4n) is 6.62. The van der Waals surface area contributed by atoms with E-state index in [2.05, 4.69) is 41.2 Å². The summed E-state index contributed by atoms with van der Waals surface area (Å²) in [7, 11) is 3.45. The number of aromatic nitrogens is 8. The third kappa shape index (κ3) is 10.4. The number of aryl methyl sites for hydroxylation is 4. The first-order valence-corrected chi connectivity index (χ1v) is 20.0. The Balaban J connectivity index is 0.000000196. The Morgan fingerprint density at radius 3 is 1.32 bits per heavy atom. The maximum absolute atomic E-state index is 12.9. The second-order valence-corrected chi connectivity index (χ2v) is 15.2. The average Bonchev–Trinajstić information content (AvgIpc) is 3.88. The van der Waals surface area contributed by atoms with Crippen LogP contribution in [0.3, 0.4) is 0 Å². The highest BCUT2D eigenvalue weighted by Crippen LogP contribution is 2.34. The fourth-order valence-corrected chi connectivity index (χ4v) is 6.62. The highest BCUT2D eigenvalue weighted by atomic mass is 19.4. The van der Waals surface area contributed by atoms with Gasteiger partial charge in [0.25, 0.3) is 11.8 Å². The number of fused-ring (bicyclic) bond motifs is 2. The topological polar surface area (TPSA) is 164 Å². The van der Waals surface area contributed by atoms with Gasteiger partial charge < -0.3 is 20.1 Å². The number of alkyl halides is 6. The van der Waals surface area contributed by atoms with Crippen molar-refractivity contribution in [3.63, 3.8) is 0 Å². The van der Waals surface area contributed by atoms with Gasteiger partial charge in [-0.3, -0.25) is 19.0 Å². The number of halogens is 6. The van der Waals surface area contributed by atoms with Crippen molar-refractivity contribution in [1.82, 2.24) is 40.0 Å². The lowest BCUT2D eigenvalue weighted by atomic mass is 9.96. The SMILES string of the molecule is Cc1ccc(C(=O)Nc2ccnn2C)cc1-c1ccc2c(O[C@@H](C)C(F)(F)F)nncc2c1.Cc1ccc(C(=O)Nc2ccnn2C)cc1-c1ccc2c(O[C@H](C)C(F)(F)F)nncc2c1. The van der Waals surface area contributed by atoms with Crippen LogP contribution >= 0.6 is 0 Å². The third-order valence-corrected chi connectivity index (χ3v) is 10.5. The first-order chi connectivity index (χ1) is 31.3. The summed E-state index contributed by atoms with van der Waals surface area (Å²) in [6.07, 6.45) is -6.99. The number of nitrogens with one attached hydrogen (secondary N) is 2. The molecule has 14 nitrogen and oxygen atoms in total. The number of carbonyl (C=O) groups excluding carboxylic acids is 2. The fraction of sp³-hybridized carbons (Fsp3) is 0.217. The Hall–Kier alpha value is -7.90. The molecule has 20 heteroatoms. The molecule has 0 spiro atoms. The van der Waals surface area contributed by atoms with Crippen LogP contribution in [0.2, 0.25) is 0 Å². The third-order valence-electron chi connectivity index (χ3n) is 10.5. The quantitative estimate of drug-likeness (QED) is 0.126. The van der Waals surface area contributed by atoms with Crippen molar-refractivity contribution >= 4 is 45.0 Å². The molecule has 0 saturated heterocycles. The molecule has 4 heterocycles. The molecule has 0 fully saturated rings. The van der Waals surface area contributed by atoms with Crippen molar-refractivity contribution in [2.75, 3.05) is 10.6 Å². The van der Waals surface area contributed by atoms with E-state index >= 15 is 0 Å². The summed E-state index contributed by atoms with van der Waals surface area (Å²) in [5.41, 5.74) is 5.91. The predicted molar refractivity (Wildman–Crippen MR) is 234 cm³/mol. The van der Waals surface area contributed by atoms with Crippen molar-refractivity contribution in [3.05, 3.63) is 132 Å². The van der Waals surface area contributed by atoms with Crippen LogP contribution in [-0.4, -0.2) is 76.3 Å². The summed E-state index contributed by atoms with van der Waals surface area (Å²) in [5.74, 6) is 0.167. The summed E-state index contributed by atoms with van der Waals surface area (Å²) in [5, 5.41) is 30.6. The lowest BCUT2D eigenvalue weighted by Crippen LogP contribution is -2.31. The van der Waals surface area contributed by atoms with Crippen LogP contribution in [0.15, 0.2) is 110 Å². The lowest BCUT2D eigenvalue weighted by molar-refractivity contribution is -0.190. The van der Waals surface area contributed by atoms with Gasteiger partial charge in [-0.25, -0.2) is 0 Å².